The SMILES string of the molecule is O=C(c1ccc(O)cc1)C(O)c1ccccc1. The van der Waals surface area contributed by atoms with Crippen LogP contribution in [0.5, 0.6) is 5.75 Å². The van der Waals surface area contributed by atoms with Gasteiger partial charge in [0.25, 0.3) is 0 Å². The molecule has 3 heteroatoms. The van der Waals surface area contributed by atoms with Gasteiger partial charge in [0.05, 0.1) is 0 Å². The molecule has 1 unspecified atom stereocenters. The molecule has 0 heterocycles. The Morgan fingerprint density at radius 1 is 0.941 bits per heavy atom. The van der Waals surface area contributed by atoms with Crippen molar-refractivity contribution < 1.29 is 15.0 Å². The molecule has 1 atom stereocenters. The van der Waals surface area contributed by atoms with Crippen LogP contribution >= 0.6 is 0 Å². The van der Waals surface area contributed by atoms with Gasteiger partial charge in [-0.05, 0) is 29.8 Å². The van der Waals surface area contributed by atoms with Crippen molar-refractivity contribution in [1.29, 1.82) is 0 Å². The van der Waals surface area contributed by atoms with Crippen molar-refractivity contribution >= 4 is 5.78 Å². The van der Waals surface area contributed by atoms with E-state index in [1.54, 1.807) is 24.3 Å². The summed E-state index contributed by atoms with van der Waals surface area (Å²) < 4.78 is 0. The van der Waals surface area contributed by atoms with Gasteiger partial charge in [-0.3, -0.25) is 4.79 Å². The maximum absolute atomic E-state index is 11.9. The monoisotopic (exact) mass is 228 g/mol. The van der Waals surface area contributed by atoms with Gasteiger partial charge in [0.1, 0.15) is 11.9 Å². The molecule has 0 aromatic heterocycles. The van der Waals surface area contributed by atoms with Crippen LogP contribution in [0.15, 0.2) is 54.6 Å². The van der Waals surface area contributed by atoms with Gasteiger partial charge in [0.2, 0.25) is 0 Å². The number of carbonyl (C=O) groups is 1. The van der Waals surface area contributed by atoms with E-state index in [1.807, 2.05) is 6.07 Å². The van der Waals surface area contributed by atoms with E-state index in [4.69, 9.17) is 5.11 Å². The quantitative estimate of drug-likeness (QED) is 0.792. The Morgan fingerprint density at radius 3 is 2.12 bits per heavy atom. The van der Waals surface area contributed by atoms with E-state index in [1.165, 1.54) is 24.3 Å². The molecule has 86 valence electrons. The first-order valence-electron chi connectivity index (χ1n) is 5.25. The number of aliphatic hydroxyl groups is 1. The maximum atomic E-state index is 11.9. The zero-order chi connectivity index (χ0) is 12.3. The number of hydrogen-bond acceptors (Lipinski definition) is 3. The van der Waals surface area contributed by atoms with E-state index in [-0.39, 0.29) is 11.5 Å². The Hall–Kier alpha value is -2.13. The normalized spacial score (nSPS) is 12.1. The highest BCUT2D eigenvalue weighted by Gasteiger charge is 2.18. The molecule has 0 aliphatic carbocycles. The standard InChI is InChI=1S/C14H12O3/c15-12-8-6-11(7-9-12)14(17)13(16)10-4-2-1-3-5-10/h1-9,13,15-16H. The van der Waals surface area contributed by atoms with E-state index in [2.05, 4.69) is 0 Å². The third-order valence-corrected chi connectivity index (χ3v) is 2.52. The third-order valence-electron chi connectivity index (χ3n) is 2.52. The Morgan fingerprint density at radius 2 is 1.53 bits per heavy atom. The van der Waals surface area contributed by atoms with Gasteiger partial charge in [-0.15, -0.1) is 0 Å². The average Bonchev–Trinajstić information content (AvgIpc) is 2.39. The topological polar surface area (TPSA) is 57.5 Å². The lowest BCUT2D eigenvalue weighted by molar-refractivity contribution is 0.0747. The molecule has 0 aliphatic heterocycles. The number of benzene rings is 2. The molecule has 0 spiro atoms. The van der Waals surface area contributed by atoms with Crippen molar-refractivity contribution in [3.63, 3.8) is 0 Å². The summed E-state index contributed by atoms with van der Waals surface area (Å²) in [6.45, 7) is 0. The number of phenolic OH excluding ortho intramolecular Hbond substituents is 1. The second-order valence-electron chi connectivity index (χ2n) is 3.72. The second-order valence-corrected chi connectivity index (χ2v) is 3.72. The van der Waals surface area contributed by atoms with Crippen LogP contribution in [-0.4, -0.2) is 16.0 Å². The summed E-state index contributed by atoms with van der Waals surface area (Å²) in [5.74, 6) is -0.285. The molecular weight excluding hydrogens is 216 g/mol. The number of phenols is 1. The summed E-state index contributed by atoms with van der Waals surface area (Å²) in [5.41, 5.74) is 0.935. The van der Waals surface area contributed by atoms with Crippen LogP contribution < -0.4 is 0 Å². The Kier molecular flexibility index (Phi) is 3.21. The van der Waals surface area contributed by atoms with Gasteiger partial charge in [-0.2, -0.15) is 0 Å². The summed E-state index contributed by atoms with van der Waals surface area (Å²) in [5, 5.41) is 19.0. The molecule has 17 heavy (non-hydrogen) atoms. The van der Waals surface area contributed by atoms with Crippen LogP contribution in [0.25, 0.3) is 0 Å². The van der Waals surface area contributed by atoms with Crippen LogP contribution in [0.3, 0.4) is 0 Å². The van der Waals surface area contributed by atoms with E-state index >= 15 is 0 Å². The molecule has 3 nitrogen and oxygen atoms in total. The number of Topliss-reactive ketones (excluding diaryl/α,β-unsaturated/α-hetero) is 1. The highest BCUT2D eigenvalue weighted by atomic mass is 16.3. The lowest BCUT2D eigenvalue weighted by Crippen LogP contribution is -2.11. The highest BCUT2D eigenvalue weighted by molar-refractivity contribution is 5.99. The fraction of sp³-hybridized carbons (Fsp3) is 0.0714. The second kappa shape index (κ2) is 4.80. The van der Waals surface area contributed by atoms with Crippen molar-refractivity contribution in [2.45, 2.75) is 6.10 Å². The first-order valence-corrected chi connectivity index (χ1v) is 5.25. The van der Waals surface area contributed by atoms with E-state index in [9.17, 15) is 9.90 Å². The maximum Gasteiger partial charge on any atom is 0.195 e. The summed E-state index contributed by atoms with van der Waals surface area (Å²) in [6.07, 6.45) is -1.17. The van der Waals surface area contributed by atoms with Crippen molar-refractivity contribution in [3.05, 3.63) is 65.7 Å². The molecule has 2 rings (SSSR count). The Balaban J connectivity index is 2.23. The minimum atomic E-state index is -1.17. The van der Waals surface area contributed by atoms with Crippen LogP contribution in [0, 0.1) is 0 Å². The number of carbonyl (C=O) groups excluding carboxylic acids is 1. The Labute approximate surface area is 99.0 Å². The molecule has 0 aliphatic rings. The molecule has 0 amide bonds. The Bertz CT molecular complexity index is 503. The fourth-order valence-electron chi connectivity index (χ4n) is 1.57. The number of aliphatic hydroxyl groups excluding tert-OH is 1. The molecule has 0 radical (unpaired) electrons. The molecule has 2 aromatic rings. The summed E-state index contributed by atoms with van der Waals surface area (Å²) in [6, 6.07) is 14.6. The highest BCUT2D eigenvalue weighted by Crippen LogP contribution is 2.19. The first kappa shape index (κ1) is 11.4. The van der Waals surface area contributed by atoms with Gasteiger partial charge >= 0.3 is 0 Å². The number of hydrogen-bond donors (Lipinski definition) is 2. The van der Waals surface area contributed by atoms with Gasteiger partial charge in [-0.1, -0.05) is 30.3 Å². The van der Waals surface area contributed by atoms with Gasteiger partial charge < -0.3 is 10.2 Å². The van der Waals surface area contributed by atoms with E-state index in [0.29, 0.717) is 11.1 Å². The predicted octanol–water partition coefficient (Wildman–Crippen LogP) is 2.31. The van der Waals surface area contributed by atoms with Crippen LogP contribution in [-0.2, 0) is 0 Å². The van der Waals surface area contributed by atoms with Crippen molar-refractivity contribution in [3.8, 4) is 5.75 Å². The molecule has 2 aromatic carbocycles. The fourth-order valence-corrected chi connectivity index (χ4v) is 1.57. The van der Waals surface area contributed by atoms with Crippen molar-refractivity contribution in [1.82, 2.24) is 0 Å². The average molecular weight is 228 g/mol. The van der Waals surface area contributed by atoms with E-state index < -0.39 is 6.10 Å². The zero-order valence-corrected chi connectivity index (χ0v) is 9.08. The van der Waals surface area contributed by atoms with Crippen molar-refractivity contribution in [2.24, 2.45) is 0 Å². The molecule has 0 bridgehead atoms. The van der Waals surface area contributed by atoms with Crippen molar-refractivity contribution in [2.75, 3.05) is 0 Å². The minimum absolute atomic E-state index is 0.0933. The van der Waals surface area contributed by atoms with Crippen LogP contribution in [0.1, 0.15) is 22.0 Å². The van der Waals surface area contributed by atoms with Gasteiger partial charge in [0, 0.05) is 5.56 Å². The summed E-state index contributed by atoms with van der Waals surface area (Å²) >= 11 is 0. The van der Waals surface area contributed by atoms with Gasteiger partial charge in [0.15, 0.2) is 5.78 Å². The molecule has 0 saturated carbocycles. The first-order chi connectivity index (χ1) is 8.18. The lowest BCUT2D eigenvalue weighted by atomic mass is 10.00. The number of rotatable bonds is 3. The number of aromatic hydroxyl groups is 1. The summed E-state index contributed by atoms with van der Waals surface area (Å²) in [7, 11) is 0. The van der Waals surface area contributed by atoms with Crippen LogP contribution in [0.2, 0.25) is 0 Å². The van der Waals surface area contributed by atoms with Gasteiger partial charge in [-0.25, -0.2) is 0 Å². The zero-order valence-electron chi connectivity index (χ0n) is 9.08. The van der Waals surface area contributed by atoms with E-state index in [0.717, 1.165) is 0 Å². The molecule has 0 fully saturated rings. The summed E-state index contributed by atoms with van der Waals surface area (Å²) in [4.78, 5) is 11.9. The minimum Gasteiger partial charge on any atom is -0.508 e. The third kappa shape index (κ3) is 2.52. The predicted molar refractivity (Wildman–Crippen MR) is 63.8 cm³/mol. The van der Waals surface area contributed by atoms with Crippen LogP contribution in [0.4, 0.5) is 0 Å². The smallest absolute Gasteiger partial charge is 0.195 e. The lowest BCUT2D eigenvalue weighted by Gasteiger charge is -2.09. The number of ketones is 1. The largest absolute Gasteiger partial charge is 0.508 e. The molecule has 2 N–H and O–H groups in total. The molecule has 0 saturated heterocycles. The molecular formula is C14H12O3.